The standard InChI is InChI=1S/C12H8Br2F2OS/c13-8-1-2-9(15)7(12(8)16)4-10(17)6-3-11(14)18-5-6/h1-3,5,10,17H,4H2. The average Bonchev–Trinajstić information content (AvgIpc) is 2.76. The number of thiophene rings is 1. The summed E-state index contributed by atoms with van der Waals surface area (Å²) in [6, 6.07) is 4.23. The lowest BCUT2D eigenvalue weighted by atomic mass is 10.0. The van der Waals surface area contributed by atoms with Crippen molar-refractivity contribution in [2.75, 3.05) is 0 Å². The molecule has 1 atom stereocenters. The molecule has 0 saturated heterocycles. The zero-order chi connectivity index (χ0) is 13.3. The van der Waals surface area contributed by atoms with Crippen molar-refractivity contribution in [1.82, 2.24) is 0 Å². The van der Waals surface area contributed by atoms with Crippen molar-refractivity contribution in [1.29, 1.82) is 0 Å². The third kappa shape index (κ3) is 2.99. The fourth-order valence-electron chi connectivity index (χ4n) is 1.57. The van der Waals surface area contributed by atoms with Crippen LogP contribution in [-0.4, -0.2) is 5.11 Å². The second kappa shape index (κ2) is 5.77. The van der Waals surface area contributed by atoms with Crippen molar-refractivity contribution in [3.63, 3.8) is 0 Å². The van der Waals surface area contributed by atoms with Gasteiger partial charge in [-0.25, -0.2) is 8.78 Å². The molecule has 1 aromatic heterocycles. The second-order valence-electron chi connectivity index (χ2n) is 3.73. The van der Waals surface area contributed by atoms with Crippen LogP contribution in [0.1, 0.15) is 17.2 Å². The van der Waals surface area contributed by atoms with Crippen LogP contribution in [0.4, 0.5) is 8.78 Å². The van der Waals surface area contributed by atoms with Crippen LogP contribution in [0.2, 0.25) is 0 Å². The Bertz CT molecular complexity index is 571. The van der Waals surface area contributed by atoms with Gasteiger partial charge in [0.15, 0.2) is 0 Å². The maximum atomic E-state index is 13.7. The maximum absolute atomic E-state index is 13.7. The van der Waals surface area contributed by atoms with Crippen LogP contribution in [0, 0.1) is 11.6 Å². The largest absolute Gasteiger partial charge is 0.388 e. The van der Waals surface area contributed by atoms with E-state index in [1.807, 2.05) is 0 Å². The Balaban J connectivity index is 2.27. The molecule has 0 bridgehead atoms. The van der Waals surface area contributed by atoms with Crippen LogP contribution in [-0.2, 0) is 6.42 Å². The molecule has 2 aromatic rings. The third-order valence-electron chi connectivity index (χ3n) is 2.51. The molecule has 0 radical (unpaired) electrons. The van der Waals surface area contributed by atoms with Crippen molar-refractivity contribution in [2.24, 2.45) is 0 Å². The molecular formula is C12H8Br2F2OS. The van der Waals surface area contributed by atoms with Crippen LogP contribution in [0.3, 0.4) is 0 Å². The van der Waals surface area contributed by atoms with Crippen LogP contribution in [0.15, 0.2) is 31.8 Å². The molecule has 0 aliphatic carbocycles. The van der Waals surface area contributed by atoms with Gasteiger partial charge in [0.1, 0.15) is 11.6 Å². The second-order valence-corrected chi connectivity index (χ2v) is 6.87. The number of aliphatic hydroxyl groups is 1. The van der Waals surface area contributed by atoms with Gasteiger partial charge in [0, 0.05) is 12.0 Å². The Hall–Kier alpha value is -0.300. The predicted molar refractivity (Wildman–Crippen MR) is 74.7 cm³/mol. The van der Waals surface area contributed by atoms with Gasteiger partial charge in [-0.3, -0.25) is 0 Å². The number of rotatable bonds is 3. The van der Waals surface area contributed by atoms with Crippen LogP contribution >= 0.6 is 43.2 Å². The summed E-state index contributed by atoms with van der Waals surface area (Å²) in [4.78, 5) is 0. The molecule has 0 saturated carbocycles. The van der Waals surface area contributed by atoms with E-state index >= 15 is 0 Å². The first-order valence-electron chi connectivity index (χ1n) is 5.03. The summed E-state index contributed by atoms with van der Waals surface area (Å²) in [5.41, 5.74) is 0.532. The van der Waals surface area contributed by atoms with Crippen LogP contribution in [0.25, 0.3) is 0 Å². The predicted octanol–water partition coefficient (Wildman–Crippen LogP) is 4.83. The minimum absolute atomic E-state index is 0.0969. The lowest BCUT2D eigenvalue weighted by Crippen LogP contribution is -2.05. The molecule has 0 fully saturated rings. The Morgan fingerprint density at radius 3 is 2.61 bits per heavy atom. The minimum atomic E-state index is -0.925. The summed E-state index contributed by atoms with van der Waals surface area (Å²) in [6.45, 7) is 0. The molecule has 1 nitrogen and oxygen atoms in total. The van der Waals surface area contributed by atoms with Gasteiger partial charge in [0.2, 0.25) is 0 Å². The maximum Gasteiger partial charge on any atom is 0.143 e. The van der Waals surface area contributed by atoms with Gasteiger partial charge in [-0.05, 0) is 61.0 Å². The molecule has 1 heterocycles. The lowest BCUT2D eigenvalue weighted by Gasteiger charge is -2.11. The van der Waals surface area contributed by atoms with Crippen molar-refractivity contribution in [3.05, 3.63) is 54.6 Å². The number of benzene rings is 1. The van der Waals surface area contributed by atoms with E-state index in [-0.39, 0.29) is 16.5 Å². The van der Waals surface area contributed by atoms with Crippen molar-refractivity contribution >= 4 is 43.2 Å². The van der Waals surface area contributed by atoms with Gasteiger partial charge in [-0.15, -0.1) is 11.3 Å². The van der Waals surface area contributed by atoms with Gasteiger partial charge in [0.25, 0.3) is 0 Å². The minimum Gasteiger partial charge on any atom is -0.388 e. The molecule has 0 spiro atoms. The zero-order valence-corrected chi connectivity index (χ0v) is 12.9. The van der Waals surface area contributed by atoms with E-state index in [4.69, 9.17) is 0 Å². The summed E-state index contributed by atoms with van der Waals surface area (Å²) in [5.74, 6) is -1.31. The van der Waals surface area contributed by atoms with Gasteiger partial charge in [-0.2, -0.15) is 0 Å². The van der Waals surface area contributed by atoms with E-state index in [0.29, 0.717) is 5.56 Å². The highest BCUT2D eigenvalue weighted by Crippen LogP contribution is 2.30. The Kier molecular flexibility index (Phi) is 4.53. The van der Waals surface area contributed by atoms with E-state index in [1.165, 1.54) is 23.5 Å². The van der Waals surface area contributed by atoms with Crippen molar-refractivity contribution in [2.45, 2.75) is 12.5 Å². The molecule has 2 rings (SSSR count). The highest BCUT2D eigenvalue weighted by Gasteiger charge is 2.18. The number of hydrogen-bond donors (Lipinski definition) is 1. The fourth-order valence-corrected chi connectivity index (χ4v) is 3.16. The normalized spacial score (nSPS) is 12.7. The molecule has 18 heavy (non-hydrogen) atoms. The first-order chi connectivity index (χ1) is 8.49. The molecule has 0 amide bonds. The van der Waals surface area contributed by atoms with E-state index < -0.39 is 17.7 Å². The molecule has 96 valence electrons. The van der Waals surface area contributed by atoms with E-state index in [1.54, 1.807) is 11.4 Å². The highest BCUT2D eigenvalue weighted by atomic mass is 79.9. The summed E-state index contributed by atoms with van der Waals surface area (Å²) in [5, 5.41) is 11.7. The van der Waals surface area contributed by atoms with Crippen LogP contribution < -0.4 is 0 Å². The third-order valence-corrected chi connectivity index (χ3v) is 4.64. The SMILES string of the molecule is OC(Cc1c(F)ccc(Br)c1F)c1csc(Br)c1. The monoisotopic (exact) mass is 396 g/mol. The summed E-state index contributed by atoms with van der Waals surface area (Å²) >= 11 is 7.69. The number of halogens is 4. The highest BCUT2D eigenvalue weighted by molar-refractivity contribution is 9.11. The molecule has 0 aliphatic rings. The lowest BCUT2D eigenvalue weighted by molar-refractivity contribution is 0.176. The van der Waals surface area contributed by atoms with E-state index in [9.17, 15) is 13.9 Å². The zero-order valence-electron chi connectivity index (χ0n) is 8.96. The summed E-state index contributed by atoms with van der Waals surface area (Å²) < 4.78 is 28.3. The topological polar surface area (TPSA) is 20.2 Å². The van der Waals surface area contributed by atoms with Gasteiger partial charge in [0.05, 0.1) is 14.4 Å². The van der Waals surface area contributed by atoms with Gasteiger partial charge >= 0.3 is 0 Å². The summed E-state index contributed by atoms with van der Waals surface area (Å²) in [6.07, 6.45) is -1.02. The smallest absolute Gasteiger partial charge is 0.143 e. The Morgan fingerprint density at radius 2 is 2.00 bits per heavy atom. The number of hydrogen-bond acceptors (Lipinski definition) is 2. The Morgan fingerprint density at radius 1 is 1.28 bits per heavy atom. The van der Waals surface area contributed by atoms with Crippen molar-refractivity contribution < 1.29 is 13.9 Å². The average molecular weight is 398 g/mol. The molecule has 1 N–H and O–H groups in total. The first-order valence-corrected chi connectivity index (χ1v) is 7.50. The molecule has 6 heteroatoms. The molecule has 1 unspecified atom stereocenters. The fraction of sp³-hybridized carbons (Fsp3) is 0.167. The van der Waals surface area contributed by atoms with Gasteiger partial charge < -0.3 is 5.11 Å². The Labute approximate surface area is 124 Å². The van der Waals surface area contributed by atoms with E-state index in [2.05, 4.69) is 31.9 Å². The molecular weight excluding hydrogens is 390 g/mol. The van der Waals surface area contributed by atoms with Crippen molar-refractivity contribution in [3.8, 4) is 0 Å². The van der Waals surface area contributed by atoms with Crippen LogP contribution in [0.5, 0.6) is 0 Å². The van der Waals surface area contributed by atoms with Gasteiger partial charge in [-0.1, -0.05) is 0 Å². The first kappa shape index (κ1) is 14.1. The molecule has 1 aromatic carbocycles. The number of aliphatic hydroxyl groups excluding tert-OH is 1. The molecule has 0 aliphatic heterocycles. The summed E-state index contributed by atoms with van der Waals surface area (Å²) in [7, 11) is 0. The van der Waals surface area contributed by atoms with E-state index in [0.717, 1.165) is 3.79 Å². The quantitative estimate of drug-likeness (QED) is 0.735.